The summed E-state index contributed by atoms with van der Waals surface area (Å²) in [4.78, 5) is 31.0. The number of carbonyl (C=O) groups is 2. The van der Waals surface area contributed by atoms with Gasteiger partial charge in [0.2, 0.25) is 5.91 Å². The van der Waals surface area contributed by atoms with Gasteiger partial charge < -0.3 is 24.6 Å². The summed E-state index contributed by atoms with van der Waals surface area (Å²) in [5, 5.41) is 11.8. The van der Waals surface area contributed by atoms with Crippen molar-refractivity contribution in [3.05, 3.63) is 41.2 Å². The molecule has 0 bridgehead atoms. The molecule has 2 fully saturated rings. The molecule has 2 atom stereocenters. The Morgan fingerprint density at radius 2 is 1.88 bits per heavy atom. The summed E-state index contributed by atoms with van der Waals surface area (Å²) in [6.45, 7) is 8.40. The second-order valence-corrected chi connectivity index (χ2v) is 10.9. The standard InChI is InChI=1S/C28H40F2N6O4/c1-19(2)18-35(24-12-20(16-31-17-24)27(37)34-7-10-40-11-8-34)28(38)26-25(6-4-5-9-39-3)36(33-32-26)23-14-21(29)13-22(30)15-23/h13-15,19-20,24,31H,4-12,16-18H2,1-3H3/t20-,24+/m1/s1. The number of nitrogens with one attached hydrogen (secondary N) is 1. The summed E-state index contributed by atoms with van der Waals surface area (Å²) < 4.78 is 40.1. The number of carbonyl (C=O) groups excluding carboxylic acids is 2. The molecule has 2 saturated heterocycles. The number of hydrogen-bond acceptors (Lipinski definition) is 7. The summed E-state index contributed by atoms with van der Waals surface area (Å²) in [5.41, 5.74) is 0.811. The van der Waals surface area contributed by atoms with Gasteiger partial charge in [0, 0.05) is 58.5 Å². The lowest BCUT2D eigenvalue weighted by Crippen LogP contribution is -2.56. The van der Waals surface area contributed by atoms with Crippen molar-refractivity contribution >= 4 is 11.8 Å². The number of hydrogen-bond donors (Lipinski definition) is 1. The maximum absolute atomic E-state index is 14.1. The van der Waals surface area contributed by atoms with E-state index < -0.39 is 11.6 Å². The van der Waals surface area contributed by atoms with E-state index in [0.717, 1.165) is 12.5 Å². The molecule has 12 heteroatoms. The normalized spacial score (nSPS) is 19.7. The molecule has 1 aromatic carbocycles. The van der Waals surface area contributed by atoms with E-state index in [1.807, 2.05) is 18.7 Å². The molecule has 0 spiro atoms. The first-order valence-electron chi connectivity index (χ1n) is 14.1. The molecule has 2 aromatic rings. The van der Waals surface area contributed by atoms with Gasteiger partial charge in [0.15, 0.2) is 5.69 Å². The van der Waals surface area contributed by atoms with Crippen LogP contribution in [0.4, 0.5) is 8.78 Å². The lowest BCUT2D eigenvalue weighted by molar-refractivity contribution is -0.140. The highest BCUT2D eigenvalue weighted by molar-refractivity contribution is 5.94. The van der Waals surface area contributed by atoms with E-state index in [-0.39, 0.29) is 41.1 Å². The van der Waals surface area contributed by atoms with Crippen LogP contribution in [0.3, 0.4) is 0 Å². The van der Waals surface area contributed by atoms with Gasteiger partial charge in [-0.2, -0.15) is 0 Å². The number of benzene rings is 1. The minimum absolute atomic E-state index is 0.0790. The van der Waals surface area contributed by atoms with Crippen LogP contribution in [-0.2, 0) is 20.7 Å². The third kappa shape index (κ3) is 7.41. The van der Waals surface area contributed by atoms with Gasteiger partial charge in [-0.15, -0.1) is 5.10 Å². The lowest BCUT2D eigenvalue weighted by Gasteiger charge is -2.40. The van der Waals surface area contributed by atoms with Gasteiger partial charge in [0.25, 0.3) is 5.91 Å². The van der Waals surface area contributed by atoms with E-state index in [1.165, 1.54) is 16.8 Å². The van der Waals surface area contributed by atoms with Crippen LogP contribution in [-0.4, -0.2) is 102 Å². The van der Waals surface area contributed by atoms with Crippen LogP contribution >= 0.6 is 0 Å². The van der Waals surface area contributed by atoms with Gasteiger partial charge in [-0.05, 0) is 43.7 Å². The summed E-state index contributed by atoms with van der Waals surface area (Å²) in [6.07, 6.45) is 2.37. The average molecular weight is 563 g/mol. The van der Waals surface area contributed by atoms with Gasteiger partial charge >= 0.3 is 0 Å². The Labute approximate surface area is 234 Å². The van der Waals surface area contributed by atoms with Crippen LogP contribution in [0.5, 0.6) is 0 Å². The number of aromatic nitrogens is 3. The van der Waals surface area contributed by atoms with Crippen LogP contribution in [0, 0.1) is 23.5 Å². The smallest absolute Gasteiger partial charge is 0.276 e. The Morgan fingerprint density at radius 3 is 2.55 bits per heavy atom. The van der Waals surface area contributed by atoms with E-state index in [9.17, 15) is 18.4 Å². The third-order valence-electron chi connectivity index (χ3n) is 7.33. The van der Waals surface area contributed by atoms with Crippen LogP contribution in [0.2, 0.25) is 0 Å². The van der Waals surface area contributed by atoms with Crippen LogP contribution < -0.4 is 5.32 Å². The number of halogens is 2. The number of morpholine rings is 1. The Balaban J connectivity index is 1.62. The SMILES string of the molecule is COCCCCc1c(C(=O)N(CC(C)C)[C@@H]2CNC[C@H](C(=O)N3CCOCC3)C2)nnn1-c1cc(F)cc(F)c1. The van der Waals surface area contributed by atoms with E-state index in [4.69, 9.17) is 9.47 Å². The Kier molecular flexibility index (Phi) is 10.6. The third-order valence-corrected chi connectivity index (χ3v) is 7.33. The fraction of sp³-hybridized carbons (Fsp3) is 0.643. The van der Waals surface area contributed by atoms with Crippen LogP contribution in [0.15, 0.2) is 18.2 Å². The van der Waals surface area contributed by atoms with Crippen molar-refractivity contribution in [1.29, 1.82) is 0 Å². The maximum Gasteiger partial charge on any atom is 0.276 e. The molecular weight excluding hydrogens is 522 g/mol. The summed E-state index contributed by atoms with van der Waals surface area (Å²) in [5.74, 6) is -1.79. The first-order chi connectivity index (χ1) is 19.3. The molecule has 10 nitrogen and oxygen atoms in total. The number of rotatable bonds is 11. The molecule has 1 aromatic heterocycles. The highest BCUT2D eigenvalue weighted by Gasteiger charge is 2.37. The molecule has 2 aliphatic heterocycles. The van der Waals surface area contributed by atoms with Gasteiger partial charge in [0.05, 0.1) is 30.5 Å². The predicted octanol–water partition coefficient (Wildman–Crippen LogP) is 2.45. The molecule has 220 valence electrons. The van der Waals surface area contributed by atoms with Gasteiger partial charge in [0.1, 0.15) is 11.6 Å². The zero-order valence-corrected chi connectivity index (χ0v) is 23.6. The first kappa shape index (κ1) is 30.0. The van der Waals surface area contributed by atoms with Crippen LogP contribution in [0.1, 0.15) is 49.3 Å². The second kappa shape index (κ2) is 14.1. The van der Waals surface area contributed by atoms with Crippen molar-refractivity contribution in [3.63, 3.8) is 0 Å². The Hall–Kier alpha value is -2.96. The Bertz CT molecular complexity index is 1130. The van der Waals surface area contributed by atoms with E-state index >= 15 is 0 Å². The van der Waals surface area contributed by atoms with Gasteiger partial charge in [-0.25, -0.2) is 13.5 Å². The predicted molar refractivity (Wildman–Crippen MR) is 144 cm³/mol. The molecule has 40 heavy (non-hydrogen) atoms. The largest absolute Gasteiger partial charge is 0.385 e. The molecule has 0 unspecified atom stereocenters. The average Bonchev–Trinajstić information content (AvgIpc) is 3.37. The van der Waals surface area contributed by atoms with Crippen molar-refractivity contribution in [3.8, 4) is 5.69 Å². The Morgan fingerprint density at radius 1 is 1.15 bits per heavy atom. The molecule has 1 N–H and O–H groups in total. The van der Waals surface area contributed by atoms with Crippen molar-refractivity contribution in [2.24, 2.45) is 11.8 Å². The first-order valence-corrected chi connectivity index (χ1v) is 14.1. The van der Waals surface area contributed by atoms with E-state index in [1.54, 1.807) is 12.0 Å². The molecule has 2 aliphatic rings. The molecular formula is C28H40F2N6O4. The van der Waals surface area contributed by atoms with Crippen molar-refractivity contribution in [2.75, 3.05) is 59.7 Å². The number of piperidine rings is 1. The van der Waals surface area contributed by atoms with Crippen molar-refractivity contribution in [1.82, 2.24) is 30.1 Å². The molecule has 2 amide bonds. The minimum Gasteiger partial charge on any atom is -0.385 e. The lowest BCUT2D eigenvalue weighted by atomic mass is 9.92. The van der Waals surface area contributed by atoms with Crippen molar-refractivity contribution in [2.45, 2.75) is 45.6 Å². The molecule has 0 aliphatic carbocycles. The van der Waals surface area contributed by atoms with Crippen LogP contribution in [0.25, 0.3) is 5.69 Å². The summed E-state index contributed by atoms with van der Waals surface area (Å²) in [6, 6.07) is 2.91. The molecule has 3 heterocycles. The quantitative estimate of drug-likeness (QED) is 0.420. The zero-order chi connectivity index (χ0) is 28.6. The van der Waals surface area contributed by atoms with Gasteiger partial charge in [-0.3, -0.25) is 9.59 Å². The highest BCUT2D eigenvalue weighted by Crippen LogP contribution is 2.24. The minimum atomic E-state index is -0.741. The number of amides is 2. The monoisotopic (exact) mass is 562 g/mol. The van der Waals surface area contributed by atoms with Gasteiger partial charge in [-0.1, -0.05) is 19.1 Å². The maximum atomic E-state index is 14.1. The number of methoxy groups -OCH3 is 1. The molecule has 0 radical (unpaired) electrons. The summed E-state index contributed by atoms with van der Waals surface area (Å²) >= 11 is 0. The fourth-order valence-corrected chi connectivity index (χ4v) is 5.41. The molecule has 4 rings (SSSR count). The highest BCUT2D eigenvalue weighted by atomic mass is 19.1. The number of ether oxygens (including phenoxy) is 2. The topological polar surface area (TPSA) is 102 Å². The van der Waals surface area contributed by atoms with E-state index in [0.29, 0.717) is 77.5 Å². The number of unbranched alkanes of at least 4 members (excludes halogenated alkanes) is 1. The number of nitrogens with zero attached hydrogens (tertiary/aromatic N) is 5. The van der Waals surface area contributed by atoms with E-state index in [2.05, 4.69) is 15.6 Å². The van der Waals surface area contributed by atoms with Crippen molar-refractivity contribution < 1.29 is 27.8 Å². The second-order valence-electron chi connectivity index (χ2n) is 10.9. The molecule has 0 saturated carbocycles. The summed E-state index contributed by atoms with van der Waals surface area (Å²) in [7, 11) is 1.62. The zero-order valence-electron chi connectivity index (χ0n) is 23.6. The fourth-order valence-electron chi connectivity index (χ4n) is 5.41.